The molecule has 2 aliphatic rings. The van der Waals surface area contributed by atoms with Gasteiger partial charge in [-0.3, -0.25) is 19.1 Å². The first-order chi connectivity index (χ1) is 19.3. The van der Waals surface area contributed by atoms with Gasteiger partial charge in [0.15, 0.2) is 11.5 Å². The lowest BCUT2D eigenvalue weighted by atomic mass is 10.0. The molecule has 10 heteroatoms. The van der Waals surface area contributed by atoms with E-state index in [0.29, 0.717) is 36.1 Å². The van der Waals surface area contributed by atoms with E-state index in [9.17, 15) is 14.4 Å². The predicted molar refractivity (Wildman–Crippen MR) is 147 cm³/mol. The quantitative estimate of drug-likeness (QED) is 0.367. The van der Waals surface area contributed by atoms with Gasteiger partial charge in [-0.2, -0.15) is 5.10 Å². The summed E-state index contributed by atoms with van der Waals surface area (Å²) in [7, 11) is 1.67. The molecule has 2 amide bonds. The van der Waals surface area contributed by atoms with Gasteiger partial charge in [0.25, 0.3) is 0 Å². The topological polar surface area (TPSA) is 112 Å². The first-order valence-corrected chi connectivity index (χ1v) is 13.6. The lowest BCUT2D eigenvalue weighted by molar-refractivity contribution is -0.142. The van der Waals surface area contributed by atoms with Gasteiger partial charge in [0, 0.05) is 42.4 Å². The van der Waals surface area contributed by atoms with Crippen molar-refractivity contribution in [1.82, 2.24) is 15.1 Å². The van der Waals surface area contributed by atoms with Crippen LogP contribution in [0.5, 0.6) is 11.5 Å². The van der Waals surface area contributed by atoms with Gasteiger partial charge in [-0.1, -0.05) is 30.3 Å². The number of nitrogens with zero attached hydrogens (tertiary/aromatic N) is 3. The van der Waals surface area contributed by atoms with Crippen molar-refractivity contribution in [3.63, 3.8) is 0 Å². The van der Waals surface area contributed by atoms with E-state index in [4.69, 9.17) is 19.3 Å². The Balaban J connectivity index is 1.34. The summed E-state index contributed by atoms with van der Waals surface area (Å²) in [5, 5.41) is 7.64. The number of amides is 2. The molecule has 2 heterocycles. The van der Waals surface area contributed by atoms with Crippen LogP contribution in [0.15, 0.2) is 48.5 Å². The number of fused-ring (bicyclic) bond motifs is 1. The standard InChI is InChI=1S/C30H34N4O6/c1-4-38-28(36)16-23-19(2)34(32-29(23)21-10-11-21)17-27(35)31-24(14-20-8-6-5-7-9-20)30(37)33(3)22-12-13-25-26(15-22)40-18-39-25/h5-9,12-13,15,21,24H,4,10-11,14,16-18H2,1-3H3,(H,31,35)/t24-/m0/s1. The molecule has 40 heavy (non-hydrogen) atoms. The Bertz CT molecular complexity index is 1400. The summed E-state index contributed by atoms with van der Waals surface area (Å²) in [5.41, 5.74) is 3.99. The minimum Gasteiger partial charge on any atom is -0.466 e. The molecule has 5 rings (SSSR count). The Morgan fingerprint density at radius 3 is 2.60 bits per heavy atom. The smallest absolute Gasteiger partial charge is 0.310 e. The molecule has 1 N–H and O–H groups in total. The van der Waals surface area contributed by atoms with Crippen LogP contribution in [0.3, 0.4) is 0 Å². The zero-order chi connectivity index (χ0) is 28.2. The summed E-state index contributed by atoms with van der Waals surface area (Å²) < 4.78 is 17.6. The van der Waals surface area contributed by atoms with Gasteiger partial charge < -0.3 is 24.4 Å². The third kappa shape index (κ3) is 6.11. The minimum absolute atomic E-state index is 0.0688. The molecule has 1 atom stereocenters. The highest BCUT2D eigenvalue weighted by Crippen LogP contribution is 2.42. The number of rotatable bonds is 11. The first kappa shape index (κ1) is 27.2. The monoisotopic (exact) mass is 546 g/mol. The third-order valence-electron chi connectivity index (χ3n) is 7.24. The maximum Gasteiger partial charge on any atom is 0.310 e. The summed E-state index contributed by atoms with van der Waals surface area (Å²) in [6.45, 7) is 4.02. The van der Waals surface area contributed by atoms with E-state index in [1.54, 1.807) is 36.9 Å². The molecule has 0 unspecified atom stereocenters. The third-order valence-corrected chi connectivity index (χ3v) is 7.24. The zero-order valence-corrected chi connectivity index (χ0v) is 23.0. The number of carbonyl (C=O) groups excluding carboxylic acids is 3. The molecule has 1 saturated carbocycles. The summed E-state index contributed by atoms with van der Waals surface area (Å²) >= 11 is 0. The lowest BCUT2D eigenvalue weighted by Gasteiger charge is -2.25. The maximum absolute atomic E-state index is 13.7. The highest BCUT2D eigenvalue weighted by atomic mass is 16.7. The zero-order valence-electron chi connectivity index (χ0n) is 23.0. The average molecular weight is 547 g/mol. The van der Waals surface area contributed by atoms with E-state index in [2.05, 4.69) is 5.32 Å². The van der Waals surface area contributed by atoms with E-state index < -0.39 is 6.04 Å². The average Bonchev–Trinajstić information content (AvgIpc) is 3.61. The van der Waals surface area contributed by atoms with E-state index in [1.807, 2.05) is 37.3 Å². The van der Waals surface area contributed by atoms with E-state index in [-0.39, 0.29) is 37.5 Å². The fraction of sp³-hybridized carbons (Fsp3) is 0.400. The van der Waals surface area contributed by atoms with Crippen molar-refractivity contribution in [3.8, 4) is 11.5 Å². The molecule has 2 aromatic carbocycles. The summed E-state index contributed by atoms with van der Waals surface area (Å²) in [6, 6.07) is 14.0. The van der Waals surface area contributed by atoms with Crippen LogP contribution in [0.4, 0.5) is 5.69 Å². The van der Waals surface area contributed by atoms with Gasteiger partial charge in [-0.15, -0.1) is 0 Å². The van der Waals surface area contributed by atoms with Crippen LogP contribution in [0.1, 0.15) is 48.2 Å². The number of nitrogens with one attached hydrogen (secondary N) is 1. The highest BCUT2D eigenvalue weighted by Gasteiger charge is 2.32. The van der Waals surface area contributed by atoms with Crippen molar-refractivity contribution in [2.24, 2.45) is 0 Å². The summed E-state index contributed by atoms with van der Waals surface area (Å²) in [6.07, 6.45) is 2.47. The number of hydrogen-bond acceptors (Lipinski definition) is 7. The van der Waals surface area contributed by atoms with Crippen molar-refractivity contribution >= 4 is 23.5 Å². The van der Waals surface area contributed by atoms with Gasteiger partial charge >= 0.3 is 5.97 Å². The predicted octanol–water partition coefficient (Wildman–Crippen LogP) is 3.29. The van der Waals surface area contributed by atoms with Gasteiger partial charge in [0.05, 0.1) is 18.7 Å². The van der Waals surface area contributed by atoms with E-state index >= 15 is 0 Å². The van der Waals surface area contributed by atoms with Crippen molar-refractivity contribution in [2.75, 3.05) is 25.3 Å². The second-order valence-corrected chi connectivity index (χ2v) is 10.1. The molecular formula is C30H34N4O6. The SMILES string of the molecule is CCOC(=O)Cc1c(C2CC2)nn(CC(=O)N[C@@H](Cc2ccccc2)C(=O)N(C)c2ccc3c(c2)OCO3)c1C. The Kier molecular flexibility index (Phi) is 8.04. The molecule has 0 bridgehead atoms. The fourth-order valence-corrected chi connectivity index (χ4v) is 4.90. The van der Waals surface area contributed by atoms with Crippen LogP contribution < -0.4 is 19.7 Å². The van der Waals surface area contributed by atoms with Crippen molar-refractivity contribution in [3.05, 3.63) is 71.0 Å². The summed E-state index contributed by atoms with van der Waals surface area (Å²) in [4.78, 5) is 40.8. The number of likely N-dealkylation sites (N-methyl/N-ethyl adjacent to an activating group) is 1. The van der Waals surface area contributed by atoms with Crippen LogP contribution in [0.25, 0.3) is 0 Å². The second-order valence-electron chi connectivity index (χ2n) is 10.1. The molecule has 210 valence electrons. The first-order valence-electron chi connectivity index (χ1n) is 13.6. The van der Waals surface area contributed by atoms with Crippen LogP contribution in [0, 0.1) is 6.92 Å². The van der Waals surface area contributed by atoms with Gasteiger partial charge in [-0.05, 0) is 44.4 Å². The molecule has 10 nitrogen and oxygen atoms in total. The molecule has 1 aromatic heterocycles. The van der Waals surface area contributed by atoms with Crippen molar-refractivity contribution in [1.29, 1.82) is 0 Å². The Labute approximate surface area is 233 Å². The lowest BCUT2D eigenvalue weighted by Crippen LogP contribution is -2.49. The minimum atomic E-state index is -0.817. The molecule has 1 aliphatic heterocycles. The number of hydrogen-bond donors (Lipinski definition) is 1. The maximum atomic E-state index is 13.7. The summed E-state index contributed by atoms with van der Waals surface area (Å²) in [5.74, 6) is 0.576. The van der Waals surface area contributed by atoms with Crippen molar-refractivity contribution in [2.45, 2.75) is 58.0 Å². The van der Waals surface area contributed by atoms with Gasteiger partial charge in [0.2, 0.25) is 18.6 Å². The number of anilines is 1. The molecular weight excluding hydrogens is 512 g/mol. The molecule has 0 radical (unpaired) electrons. The Morgan fingerprint density at radius 2 is 1.88 bits per heavy atom. The number of carbonyl (C=O) groups is 3. The molecule has 0 saturated heterocycles. The second kappa shape index (κ2) is 11.8. The van der Waals surface area contributed by atoms with E-state index in [1.165, 1.54) is 4.90 Å². The largest absolute Gasteiger partial charge is 0.466 e. The highest BCUT2D eigenvalue weighted by molar-refractivity contribution is 5.99. The molecule has 1 aliphatic carbocycles. The number of ether oxygens (including phenoxy) is 3. The molecule has 0 spiro atoms. The molecule has 3 aromatic rings. The van der Waals surface area contributed by atoms with Crippen LogP contribution >= 0.6 is 0 Å². The normalized spacial score (nSPS) is 14.5. The molecule has 1 fully saturated rings. The fourth-order valence-electron chi connectivity index (χ4n) is 4.90. The van der Waals surface area contributed by atoms with Gasteiger partial charge in [-0.25, -0.2) is 0 Å². The Hall–Kier alpha value is -4.34. The van der Waals surface area contributed by atoms with Crippen LogP contribution in [-0.4, -0.2) is 54.1 Å². The number of esters is 1. The number of benzene rings is 2. The van der Waals surface area contributed by atoms with Crippen LogP contribution in [-0.2, 0) is 38.5 Å². The van der Waals surface area contributed by atoms with Crippen LogP contribution in [0.2, 0.25) is 0 Å². The van der Waals surface area contributed by atoms with Crippen molar-refractivity contribution < 1.29 is 28.6 Å². The Morgan fingerprint density at radius 1 is 1.12 bits per heavy atom. The van der Waals surface area contributed by atoms with E-state index in [0.717, 1.165) is 35.4 Å². The van der Waals surface area contributed by atoms with Gasteiger partial charge in [0.1, 0.15) is 12.6 Å². The number of aromatic nitrogens is 2.